The summed E-state index contributed by atoms with van der Waals surface area (Å²) in [5, 5.41) is 4.99. The third kappa shape index (κ3) is 2.49. The minimum Gasteiger partial charge on any atom is -0.345 e. The molecule has 1 amide bonds. The van der Waals surface area contributed by atoms with E-state index >= 15 is 0 Å². The molecule has 1 unspecified atom stereocenters. The SMILES string of the molecule is CC(=O)NC(c1ccccc1)c1cccs1. The predicted molar refractivity (Wildman–Crippen MR) is 66.4 cm³/mol. The Morgan fingerprint density at radius 2 is 1.94 bits per heavy atom. The molecule has 2 aromatic rings. The fourth-order valence-corrected chi connectivity index (χ4v) is 2.43. The van der Waals surface area contributed by atoms with E-state index < -0.39 is 0 Å². The second kappa shape index (κ2) is 4.94. The molecule has 0 bridgehead atoms. The summed E-state index contributed by atoms with van der Waals surface area (Å²) in [6.07, 6.45) is 0. The van der Waals surface area contributed by atoms with E-state index in [1.807, 2.05) is 47.8 Å². The number of thiophene rings is 1. The highest BCUT2D eigenvalue weighted by molar-refractivity contribution is 7.10. The molecule has 1 atom stereocenters. The molecule has 1 N–H and O–H groups in total. The first-order valence-electron chi connectivity index (χ1n) is 5.13. The van der Waals surface area contributed by atoms with Crippen molar-refractivity contribution in [2.24, 2.45) is 0 Å². The number of nitrogens with one attached hydrogen (secondary N) is 1. The molecular formula is C13H13NOS. The quantitative estimate of drug-likeness (QED) is 0.864. The van der Waals surface area contributed by atoms with Crippen LogP contribution in [-0.2, 0) is 4.79 Å². The van der Waals surface area contributed by atoms with Gasteiger partial charge in [0.05, 0.1) is 6.04 Å². The number of hydrogen-bond acceptors (Lipinski definition) is 2. The first-order chi connectivity index (χ1) is 7.77. The zero-order valence-corrected chi connectivity index (χ0v) is 9.83. The summed E-state index contributed by atoms with van der Waals surface area (Å²) < 4.78 is 0. The Labute approximate surface area is 98.9 Å². The van der Waals surface area contributed by atoms with Crippen LogP contribution in [0.1, 0.15) is 23.4 Å². The monoisotopic (exact) mass is 231 g/mol. The number of benzene rings is 1. The molecule has 2 nitrogen and oxygen atoms in total. The summed E-state index contributed by atoms with van der Waals surface area (Å²) in [6, 6.07) is 14.0. The van der Waals surface area contributed by atoms with Crippen molar-refractivity contribution in [3.05, 3.63) is 58.3 Å². The molecule has 2 rings (SSSR count). The molecule has 0 saturated carbocycles. The van der Waals surface area contributed by atoms with Gasteiger partial charge < -0.3 is 5.32 Å². The lowest BCUT2D eigenvalue weighted by molar-refractivity contribution is -0.119. The van der Waals surface area contributed by atoms with Gasteiger partial charge in [-0.2, -0.15) is 0 Å². The Hall–Kier alpha value is -1.61. The first-order valence-corrected chi connectivity index (χ1v) is 6.01. The van der Waals surface area contributed by atoms with Gasteiger partial charge in [0.2, 0.25) is 5.91 Å². The average molecular weight is 231 g/mol. The van der Waals surface area contributed by atoms with Gasteiger partial charge >= 0.3 is 0 Å². The summed E-state index contributed by atoms with van der Waals surface area (Å²) in [5.74, 6) is -0.0118. The fraction of sp³-hybridized carbons (Fsp3) is 0.154. The second-order valence-corrected chi connectivity index (χ2v) is 4.54. The maximum atomic E-state index is 11.2. The van der Waals surface area contributed by atoms with Crippen LogP contribution in [0.15, 0.2) is 47.8 Å². The summed E-state index contributed by atoms with van der Waals surface area (Å²) in [7, 11) is 0. The summed E-state index contributed by atoms with van der Waals surface area (Å²) in [4.78, 5) is 12.4. The van der Waals surface area contributed by atoms with E-state index in [0.717, 1.165) is 10.4 Å². The largest absolute Gasteiger partial charge is 0.345 e. The number of carbonyl (C=O) groups is 1. The van der Waals surface area contributed by atoms with Crippen molar-refractivity contribution < 1.29 is 4.79 Å². The minimum atomic E-state index is -0.0290. The van der Waals surface area contributed by atoms with Crippen LogP contribution in [0.5, 0.6) is 0 Å². The van der Waals surface area contributed by atoms with Crippen LogP contribution in [0.4, 0.5) is 0 Å². The molecule has 0 aliphatic carbocycles. The molecule has 0 radical (unpaired) electrons. The highest BCUT2D eigenvalue weighted by Gasteiger charge is 2.15. The van der Waals surface area contributed by atoms with Gasteiger partial charge in [-0.05, 0) is 17.0 Å². The molecule has 1 heterocycles. The Balaban J connectivity index is 2.32. The van der Waals surface area contributed by atoms with Gasteiger partial charge in [0.1, 0.15) is 0 Å². The van der Waals surface area contributed by atoms with Crippen molar-refractivity contribution in [2.75, 3.05) is 0 Å². The summed E-state index contributed by atoms with van der Waals surface area (Å²) >= 11 is 1.65. The molecule has 82 valence electrons. The van der Waals surface area contributed by atoms with Crippen molar-refractivity contribution in [1.82, 2.24) is 5.32 Å². The van der Waals surface area contributed by atoms with Gasteiger partial charge in [-0.25, -0.2) is 0 Å². The third-order valence-corrected chi connectivity index (χ3v) is 3.25. The molecule has 0 spiro atoms. The minimum absolute atomic E-state index is 0.0118. The molecular weight excluding hydrogens is 218 g/mol. The van der Waals surface area contributed by atoms with Crippen LogP contribution in [-0.4, -0.2) is 5.91 Å². The average Bonchev–Trinajstić information content (AvgIpc) is 2.80. The zero-order valence-electron chi connectivity index (χ0n) is 9.01. The molecule has 16 heavy (non-hydrogen) atoms. The molecule has 3 heteroatoms. The Bertz CT molecular complexity index is 450. The van der Waals surface area contributed by atoms with Gasteiger partial charge in [0, 0.05) is 11.8 Å². The molecule has 1 aromatic carbocycles. The fourth-order valence-electron chi connectivity index (χ4n) is 1.62. The number of amides is 1. The number of carbonyl (C=O) groups excluding carboxylic acids is 1. The second-order valence-electron chi connectivity index (χ2n) is 3.56. The number of rotatable bonds is 3. The zero-order chi connectivity index (χ0) is 11.4. The molecule has 0 saturated heterocycles. The lowest BCUT2D eigenvalue weighted by atomic mass is 10.1. The molecule has 1 aromatic heterocycles. The van der Waals surface area contributed by atoms with Crippen molar-refractivity contribution in [2.45, 2.75) is 13.0 Å². The standard InChI is InChI=1S/C13H13NOS/c1-10(15)14-13(12-8-5-9-16-12)11-6-3-2-4-7-11/h2-9,13H,1H3,(H,14,15). The lowest BCUT2D eigenvalue weighted by Gasteiger charge is -2.16. The highest BCUT2D eigenvalue weighted by atomic mass is 32.1. The first kappa shape index (κ1) is 10.9. The Kier molecular flexibility index (Phi) is 3.37. The van der Waals surface area contributed by atoms with E-state index in [2.05, 4.69) is 5.32 Å². The van der Waals surface area contributed by atoms with Gasteiger partial charge in [-0.1, -0.05) is 36.4 Å². The van der Waals surface area contributed by atoms with Crippen LogP contribution >= 0.6 is 11.3 Å². The van der Waals surface area contributed by atoms with Crippen molar-refractivity contribution in [3.63, 3.8) is 0 Å². The van der Waals surface area contributed by atoms with Crippen LogP contribution in [0.25, 0.3) is 0 Å². The summed E-state index contributed by atoms with van der Waals surface area (Å²) in [5.41, 5.74) is 1.11. The molecule has 0 aliphatic heterocycles. The maximum absolute atomic E-state index is 11.2. The van der Waals surface area contributed by atoms with E-state index in [9.17, 15) is 4.79 Å². The molecule has 0 aliphatic rings. The smallest absolute Gasteiger partial charge is 0.217 e. The van der Waals surface area contributed by atoms with E-state index in [4.69, 9.17) is 0 Å². The number of hydrogen-bond donors (Lipinski definition) is 1. The van der Waals surface area contributed by atoms with Crippen molar-refractivity contribution in [3.8, 4) is 0 Å². The lowest BCUT2D eigenvalue weighted by Crippen LogP contribution is -2.26. The van der Waals surface area contributed by atoms with Gasteiger partial charge in [-0.15, -0.1) is 11.3 Å². The highest BCUT2D eigenvalue weighted by Crippen LogP contribution is 2.25. The Morgan fingerprint density at radius 1 is 1.19 bits per heavy atom. The summed E-state index contributed by atoms with van der Waals surface area (Å²) in [6.45, 7) is 1.55. The van der Waals surface area contributed by atoms with Crippen molar-refractivity contribution in [1.29, 1.82) is 0 Å². The Morgan fingerprint density at radius 3 is 2.50 bits per heavy atom. The van der Waals surface area contributed by atoms with E-state index in [1.165, 1.54) is 0 Å². The van der Waals surface area contributed by atoms with Crippen LogP contribution < -0.4 is 5.32 Å². The predicted octanol–water partition coefficient (Wildman–Crippen LogP) is 2.97. The van der Waals surface area contributed by atoms with E-state index in [-0.39, 0.29) is 11.9 Å². The van der Waals surface area contributed by atoms with Gasteiger partial charge in [-0.3, -0.25) is 4.79 Å². The molecule has 0 fully saturated rings. The van der Waals surface area contributed by atoms with Gasteiger partial charge in [0.15, 0.2) is 0 Å². The van der Waals surface area contributed by atoms with Gasteiger partial charge in [0.25, 0.3) is 0 Å². The van der Waals surface area contributed by atoms with Crippen LogP contribution in [0, 0.1) is 0 Å². The topological polar surface area (TPSA) is 29.1 Å². The van der Waals surface area contributed by atoms with Crippen molar-refractivity contribution >= 4 is 17.2 Å². The van der Waals surface area contributed by atoms with E-state index in [1.54, 1.807) is 18.3 Å². The van der Waals surface area contributed by atoms with E-state index in [0.29, 0.717) is 0 Å². The third-order valence-electron chi connectivity index (χ3n) is 2.31. The van der Waals surface area contributed by atoms with Crippen LogP contribution in [0.2, 0.25) is 0 Å². The normalized spacial score (nSPS) is 12.1. The van der Waals surface area contributed by atoms with Crippen LogP contribution in [0.3, 0.4) is 0 Å². The maximum Gasteiger partial charge on any atom is 0.217 e.